The number of hydrogen-bond acceptors (Lipinski definition) is 2. The van der Waals surface area contributed by atoms with E-state index in [9.17, 15) is 0 Å². The van der Waals surface area contributed by atoms with Gasteiger partial charge < -0.3 is 0 Å². The first kappa shape index (κ1) is 13.7. The minimum absolute atomic E-state index is 0.566. The Labute approximate surface area is 115 Å². The number of unbranched alkanes of at least 4 members (excludes halogenated alkanes) is 1. The second-order valence-electron chi connectivity index (χ2n) is 5.18. The number of aliphatic imine (C=N–C) groups is 1. The molecule has 2 heteroatoms. The summed E-state index contributed by atoms with van der Waals surface area (Å²) in [4.78, 5) is 8.98. The number of rotatable bonds is 6. The molecule has 1 aromatic heterocycles. The standard InChI is InChI=1S/C17H22N2/c1-3-4-9-18-12-14(2)10-15-11-16-7-5-6-8-17(16)19-13-15/h5-9,11,13-14H,3-4,10,12H2,1-2H3. The first-order chi connectivity index (χ1) is 9.29. The first-order valence-corrected chi connectivity index (χ1v) is 7.11. The van der Waals surface area contributed by atoms with Gasteiger partial charge in [0.2, 0.25) is 0 Å². The van der Waals surface area contributed by atoms with Gasteiger partial charge in [-0.2, -0.15) is 0 Å². The lowest BCUT2D eigenvalue weighted by atomic mass is 10.0. The van der Waals surface area contributed by atoms with Crippen molar-refractivity contribution in [1.82, 2.24) is 4.98 Å². The molecule has 0 bridgehead atoms. The fourth-order valence-electron chi connectivity index (χ4n) is 2.17. The molecule has 2 nitrogen and oxygen atoms in total. The lowest BCUT2D eigenvalue weighted by Crippen LogP contribution is -2.04. The van der Waals surface area contributed by atoms with Crippen LogP contribution in [0.3, 0.4) is 0 Å². The van der Waals surface area contributed by atoms with Crippen molar-refractivity contribution in [1.29, 1.82) is 0 Å². The van der Waals surface area contributed by atoms with Crippen molar-refractivity contribution in [3.63, 3.8) is 0 Å². The van der Waals surface area contributed by atoms with Crippen LogP contribution in [0.4, 0.5) is 0 Å². The molecule has 1 atom stereocenters. The van der Waals surface area contributed by atoms with Gasteiger partial charge in [0, 0.05) is 18.1 Å². The molecule has 1 heterocycles. The lowest BCUT2D eigenvalue weighted by Gasteiger charge is -2.09. The third-order valence-corrected chi connectivity index (χ3v) is 3.20. The minimum atomic E-state index is 0.566. The summed E-state index contributed by atoms with van der Waals surface area (Å²) in [6.07, 6.45) is 7.35. The number of benzene rings is 1. The van der Waals surface area contributed by atoms with Crippen molar-refractivity contribution in [3.05, 3.63) is 42.1 Å². The maximum atomic E-state index is 4.51. The molecule has 100 valence electrons. The van der Waals surface area contributed by atoms with Crippen molar-refractivity contribution < 1.29 is 0 Å². The van der Waals surface area contributed by atoms with E-state index in [1.165, 1.54) is 17.4 Å². The molecular formula is C17H22N2. The molecule has 2 rings (SSSR count). The summed E-state index contributed by atoms with van der Waals surface area (Å²) in [6, 6.07) is 10.5. The lowest BCUT2D eigenvalue weighted by molar-refractivity contribution is 0.594. The summed E-state index contributed by atoms with van der Waals surface area (Å²) in [5.41, 5.74) is 2.37. The van der Waals surface area contributed by atoms with E-state index in [1.807, 2.05) is 12.3 Å². The molecule has 19 heavy (non-hydrogen) atoms. The predicted octanol–water partition coefficient (Wildman–Crippen LogP) is 4.28. The largest absolute Gasteiger partial charge is 0.297 e. The van der Waals surface area contributed by atoms with Gasteiger partial charge in [0.15, 0.2) is 0 Å². The van der Waals surface area contributed by atoms with E-state index in [0.29, 0.717) is 5.92 Å². The van der Waals surface area contributed by atoms with Crippen LogP contribution in [0.25, 0.3) is 10.9 Å². The number of para-hydroxylation sites is 1. The molecule has 0 amide bonds. The van der Waals surface area contributed by atoms with Crippen LogP contribution < -0.4 is 0 Å². The number of nitrogens with zero attached hydrogens (tertiary/aromatic N) is 2. The van der Waals surface area contributed by atoms with Gasteiger partial charge in [-0.15, -0.1) is 0 Å². The van der Waals surface area contributed by atoms with Crippen LogP contribution in [0, 0.1) is 5.92 Å². The number of fused-ring (bicyclic) bond motifs is 1. The van der Waals surface area contributed by atoms with E-state index in [0.717, 1.165) is 24.9 Å². The molecule has 0 saturated carbocycles. The molecule has 0 saturated heterocycles. The van der Waals surface area contributed by atoms with E-state index in [4.69, 9.17) is 0 Å². The van der Waals surface area contributed by atoms with Crippen LogP contribution in [0.1, 0.15) is 32.3 Å². The molecule has 1 unspecified atom stereocenters. The maximum absolute atomic E-state index is 4.51. The van der Waals surface area contributed by atoms with Crippen molar-refractivity contribution in [2.45, 2.75) is 33.1 Å². The van der Waals surface area contributed by atoms with Crippen LogP contribution in [-0.2, 0) is 6.42 Å². The van der Waals surface area contributed by atoms with Crippen LogP contribution >= 0.6 is 0 Å². The zero-order chi connectivity index (χ0) is 13.5. The Kier molecular flexibility index (Phi) is 5.08. The maximum Gasteiger partial charge on any atom is 0.0702 e. The molecule has 2 aromatic rings. The second-order valence-corrected chi connectivity index (χ2v) is 5.18. The molecule has 1 aromatic carbocycles. The second kappa shape index (κ2) is 7.03. The van der Waals surface area contributed by atoms with E-state index in [-0.39, 0.29) is 0 Å². The van der Waals surface area contributed by atoms with Gasteiger partial charge in [-0.05, 0) is 42.7 Å². The summed E-state index contributed by atoms with van der Waals surface area (Å²) in [5.74, 6) is 0.566. The quantitative estimate of drug-likeness (QED) is 0.706. The monoisotopic (exact) mass is 254 g/mol. The molecule has 0 spiro atoms. The molecule has 0 aliphatic heterocycles. The number of hydrogen-bond donors (Lipinski definition) is 0. The van der Waals surface area contributed by atoms with Gasteiger partial charge >= 0.3 is 0 Å². The molecule has 0 aliphatic rings. The highest BCUT2D eigenvalue weighted by Crippen LogP contribution is 2.15. The van der Waals surface area contributed by atoms with Gasteiger partial charge in [0.1, 0.15) is 0 Å². The van der Waals surface area contributed by atoms with Crippen LogP contribution in [0.5, 0.6) is 0 Å². The Morgan fingerprint density at radius 3 is 3.00 bits per heavy atom. The van der Waals surface area contributed by atoms with E-state index < -0.39 is 0 Å². The zero-order valence-electron chi connectivity index (χ0n) is 11.8. The van der Waals surface area contributed by atoms with Crippen LogP contribution in [0.15, 0.2) is 41.5 Å². The first-order valence-electron chi connectivity index (χ1n) is 7.11. The van der Waals surface area contributed by atoms with Gasteiger partial charge in [-0.1, -0.05) is 38.5 Å². The molecule has 0 radical (unpaired) electrons. The van der Waals surface area contributed by atoms with E-state index in [2.05, 4.69) is 54.3 Å². The average Bonchev–Trinajstić information content (AvgIpc) is 2.43. The van der Waals surface area contributed by atoms with Crippen molar-refractivity contribution in [3.8, 4) is 0 Å². The summed E-state index contributed by atoms with van der Waals surface area (Å²) in [5, 5.41) is 1.22. The Morgan fingerprint density at radius 1 is 1.32 bits per heavy atom. The predicted molar refractivity (Wildman–Crippen MR) is 82.9 cm³/mol. The fraction of sp³-hybridized carbons (Fsp3) is 0.412. The van der Waals surface area contributed by atoms with Crippen LogP contribution in [0.2, 0.25) is 0 Å². The van der Waals surface area contributed by atoms with E-state index in [1.54, 1.807) is 0 Å². The van der Waals surface area contributed by atoms with Crippen molar-refractivity contribution in [2.75, 3.05) is 6.54 Å². The Balaban J connectivity index is 1.96. The van der Waals surface area contributed by atoms with Gasteiger partial charge in [-0.25, -0.2) is 0 Å². The van der Waals surface area contributed by atoms with Crippen LogP contribution in [-0.4, -0.2) is 17.7 Å². The normalized spacial score (nSPS) is 13.2. The summed E-state index contributed by atoms with van der Waals surface area (Å²) in [7, 11) is 0. The van der Waals surface area contributed by atoms with Crippen molar-refractivity contribution >= 4 is 17.1 Å². The highest BCUT2D eigenvalue weighted by atomic mass is 14.7. The highest BCUT2D eigenvalue weighted by Gasteiger charge is 2.04. The Morgan fingerprint density at radius 2 is 2.16 bits per heavy atom. The smallest absolute Gasteiger partial charge is 0.0702 e. The third-order valence-electron chi connectivity index (χ3n) is 3.20. The number of aromatic nitrogens is 1. The Bertz CT molecular complexity index is 546. The van der Waals surface area contributed by atoms with Gasteiger partial charge in [0.05, 0.1) is 5.52 Å². The zero-order valence-corrected chi connectivity index (χ0v) is 11.8. The molecule has 0 fully saturated rings. The summed E-state index contributed by atoms with van der Waals surface area (Å²) >= 11 is 0. The minimum Gasteiger partial charge on any atom is -0.297 e. The van der Waals surface area contributed by atoms with Gasteiger partial charge in [0.25, 0.3) is 0 Å². The molecular weight excluding hydrogens is 232 g/mol. The van der Waals surface area contributed by atoms with Crippen molar-refractivity contribution in [2.24, 2.45) is 10.9 Å². The average molecular weight is 254 g/mol. The molecule has 0 aliphatic carbocycles. The number of pyridine rings is 1. The topological polar surface area (TPSA) is 25.2 Å². The summed E-state index contributed by atoms with van der Waals surface area (Å²) < 4.78 is 0. The SMILES string of the molecule is CCCC=NCC(C)Cc1cnc2ccccc2c1. The van der Waals surface area contributed by atoms with Gasteiger partial charge in [-0.3, -0.25) is 9.98 Å². The Hall–Kier alpha value is -1.70. The van der Waals surface area contributed by atoms with E-state index >= 15 is 0 Å². The third kappa shape index (κ3) is 4.16. The summed E-state index contributed by atoms with van der Waals surface area (Å²) in [6.45, 7) is 5.33. The molecule has 0 N–H and O–H groups in total. The highest BCUT2D eigenvalue weighted by molar-refractivity contribution is 5.78. The fourth-order valence-corrected chi connectivity index (χ4v) is 2.17.